The highest BCUT2D eigenvalue weighted by atomic mass is 16.3. The molecule has 0 aliphatic heterocycles. The predicted molar refractivity (Wildman–Crippen MR) is 53.5 cm³/mol. The van der Waals surface area contributed by atoms with Gasteiger partial charge in [-0.1, -0.05) is 30.3 Å². The molecule has 2 unspecified atom stereocenters. The van der Waals surface area contributed by atoms with Crippen molar-refractivity contribution < 1.29 is 5.11 Å². The summed E-state index contributed by atoms with van der Waals surface area (Å²) >= 11 is 0. The molecule has 1 nitrogen and oxygen atoms in total. The fraction of sp³-hybridized carbons (Fsp3) is 0.333. The van der Waals surface area contributed by atoms with Crippen LogP contribution in [0.15, 0.2) is 36.9 Å². The van der Waals surface area contributed by atoms with E-state index in [0.717, 1.165) is 12.8 Å². The molecule has 1 aliphatic carbocycles. The van der Waals surface area contributed by atoms with Crippen molar-refractivity contribution in [3.63, 3.8) is 0 Å². The minimum absolute atomic E-state index is 0.231. The first-order valence-corrected chi connectivity index (χ1v) is 4.68. The second-order valence-electron chi connectivity index (χ2n) is 3.64. The lowest BCUT2D eigenvalue weighted by Crippen LogP contribution is -2.28. The van der Waals surface area contributed by atoms with E-state index in [9.17, 15) is 5.11 Å². The van der Waals surface area contributed by atoms with Crippen molar-refractivity contribution in [2.24, 2.45) is 5.92 Å². The van der Waals surface area contributed by atoms with Crippen LogP contribution < -0.4 is 0 Å². The average molecular weight is 174 g/mol. The van der Waals surface area contributed by atoms with Crippen molar-refractivity contribution in [3.05, 3.63) is 48.0 Å². The topological polar surface area (TPSA) is 20.2 Å². The van der Waals surface area contributed by atoms with Crippen LogP contribution in [0.5, 0.6) is 0 Å². The summed E-state index contributed by atoms with van der Waals surface area (Å²) < 4.78 is 0. The molecule has 1 aliphatic rings. The van der Waals surface area contributed by atoms with Crippen LogP contribution in [0.2, 0.25) is 0 Å². The molecular formula is C12H14O. The lowest BCUT2D eigenvalue weighted by atomic mass is 9.82. The molecular weight excluding hydrogens is 160 g/mol. The number of aliphatic hydroxyl groups excluding tert-OH is 1. The summed E-state index contributed by atoms with van der Waals surface area (Å²) in [4.78, 5) is 0. The maximum Gasteiger partial charge on any atom is 0.0646 e. The first kappa shape index (κ1) is 8.52. The summed E-state index contributed by atoms with van der Waals surface area (Å²) in [5.41, 5.74) is 2.64. The highest BCUT2D eigenvalue weighted by molar-refractivity contribution is 5.31. The van der Waals surface area contributed by atoms with Gasteiger partial charge in [-0.3, -0.25) is 0 Å². The third kappa shape index (κ3) is 1.52. The molecule has 0 fully saturated rings. The molecule has 0 aromatic heterocycles. The smallest absolute Gasteiger partial charge is 0.0646 e. The Hall–Kier alpha value is -1.08. The molecule has 0 amide bonds. The Labute approximate surface area is 78.7 Å². The number of fused-ring (bicyclic) bond motifs is 1. The molecule has 1 aromatic rings. The van der Waals surface area contributed by atoms with E-state index >= 15 is 0 Å². The Balaban J connectivity index is 2.32. The van der Waals surface area contributed by atoms with Crippen LogP contribution in [0.4, 0.5) is 0 Å². The lowest BCUT2D eigenvalue weighted by molar-refractivity contribution is 0.122. The van der Waals surface area contributed by atoms with Gasteiger partial charge in [-0.2, -0.15) is 0 Å². The van der Waals surface area contributed by atoms with E-state index in [-0.39, 0.29) is 12.0 Å². The molecule has 1 N–H and O–H groups in total. The van der Waals surface area contributed by atoms with Gasteiger partial charge in [-0.15, -0.1) is 6.58 Å². The molecule has 1 aromatic carbocycles. The third-order valence-corrected chi connectivity index (χ3v) is 2.80. The molecule has 2 atom stereocenters. The van der Waals surface area contributed by atoms with E-state index in [1.54, 1.807) is 0 Å². The van der Waals surface area contributed by atoms with Gasteiger partial charge < -0.3 is 5.11 Å². The number of hydrogen-bond acceptors (Lipinski definition) is 1. The van der Waals surface area contributed by atoms with Gasteiger partial charge in [0, 0.05) is 5.92 Å². The van der Waals surface area contributed by atoms with Gasteiger partial charge in [0.2, 0.25) is 0 Å². The van der Waals surface area contributed by atoms with Crippen molar-refractivity contribution in [2.45, 2.75) is 18.9 Å². The summed E-state index contributed by atoms with van der Waals surface area (Å²) in [6.07, 6.45) is 3.32. The minimum Gasteiger partial charge on any atom is -0.392 e. The standard InChI is InChI=1S/C12H14O/c1-2-9-7-10-5-3-4-6-11(10)8-12(9)13/h2-6,9,12-13H,1,7-8H2. The molecule has 1 heteroatoms. The summed E-state index contributed by atoms with van der Waals surface area (Å²) in [5.74, 6) is 0.231. The normalized spacial score (nSPS) is 26.5. The Morgan fingerprint density at radius 3 is 2.46 bits per heavy atom. The van der Waals surface area contributed by atoms with Crippen molar-refractivity contribution in [1.82, 2.24) is 0 Å². The van der Waals surface area contributed by atoms with E-state index in [2.05, 4.69) is 24.8 Å². The quantitative estimate of drug-likeness (QED) is 0.645. The average Bonchev–Trinajstić information content (AvgIpc) is 2.17. The maximum absolute atomic E-state index is 9.74. The lowest BCUT2D eigenvalue weighted by Gasteiger charge is -2.27. The van der Waals surface area contributed by atoms with Crippen molar-refractivity contribution in [3.8, 4) is 0 Å². The van der Waals surface area contributed by atoms with Gasteiger partial charge in [-0.05, 0) is 24.0 Å². The zero-order valence-corrected chi connectivity index (χ0v) is 7.61. The first-order valence-electron chi connectivity index (χ1n) is 4.68. The zero-order valence-electron chi connectivity index (χ0n) is 7.61. The van der Waals surface area contributed by atoms with Gasteiger partial charge in [0.25, 0.3) is 0 Å². The first-order chi connectivity index (χ1) is 6.31. The Kier molecular flexibility index (Phi) is 2.19. The Morgan fingerprint density at radius 2 is 1.85 bits per heavy atom. The largest absolute Gasteiger partial charge is 0.392 e. The van der Waals surface area contributed by atoms with Gasteiger partial charge in [0.05, 0.1) is 6.10 Å². The number of hydrogen-bond donors (Lipinski definition) is 1. The van der Waals surface area contributed by atoms with E-state index < -0.39 is 0 Å². The van der Waals surface area contributed by atoms with Gasteiger partial charge in [0.1, 0.15) is 0 Å². The van der Waals surface area contributed by atoms with E-state index in [4.69, 9.17) is 0 Å². The fourth-order valence-corrected chi connectivity index (χ4v) is 1.96. The van der Waals surface area contributed by atoms with Crippen LogP contribution in [-0.4, -0.2) is 11.2 Å². The molecule has 0 saturated heterocycles. The van der Waals surface area contributed by atoms with Gasteiger partial charge in [-0.25, -0.2) is 0 Å². The summed E-state index contributed by atoms with van der Waals surface area (Å²) in [6.45, 7) is 3.75. The molecule has 0 bridgehead atoms. The molecule has 2 rings (SSSR count). The van der Waals surface area contributed by atoms with Crippen LogP contribution in [0.1, 0.15) is 11.1 Å². The highest BCUT2D eigenvalue weighted by Gasteiger charge is 2.23. The van der Waals surface area contributed by atoms with Crippen LogP contribution >= 0.6 is 0 Å². The zero-order chi connectivity index (χ0) is 9.26. The van der Waals surface area contributed by atoms with Crippen LogP contribution in [0, 0.1) is 5.92 Å². The SMILES string of the molecule is C=CC1Cc2ccccc2CC1O. The van der Waals surface area contributed by atoms with E-state index in [1.165, 1.54) is 11.1 Å². The van der Waals surface area contributed by atoms with E-state index in [0.29, 0.717) is 0 Å². The van der Waals surface area contributed by atoms with Crippen molar-refractivity contribution >= 4 is 0 Å². The van der Waals surface area contributed by atoms with Crippen LogP contribution in [0.3, 0.4) is 0 Å². The second-order valence-corrected chi connectivity index (χ2v) is 3.64. The minimum atomic E-state index is -0.243. The van der Waals surface area contributed by atoms with Crippen LogP contribution in [0.25, 0.3) is 0 Å². The molecule has 68 valence electrons. The van der Waals surface area contributed by atoms with Crippen molar-refractivity contribution in [2.75, 3.05) is 0 Å². The van der Waals surface area contributed by atoms with Crippen LogP contribution in [-0.2, 0) is 12.8 Å². The molecule has 0 radical (unpaired) electrons. The second kappa shape index (κ2) is 3.35. The van der Waals surface area contributed by atoms with Crippen molar-refractivity contribution in [1.29, 1.82) is 0 Å². The third-order valence-electron chi connectivity index (χ3n) is 2.80. The number of aliphatic hydroxyl groups is 1. The predicted octanol–water partition coefficient (Wildman–Crippen LogP) is 1.95. The Bertz CT molecular complexity index is 317. The molecule has 0 heterocycles. The Morgan fingerprint density at radius 1 is 1.23 bits per heavy atom. The molecule has 0 spiro atoms. The number of benzene rings is 1. The van der Waals surface area contributed by atoms with Gasteiger partial charge >= 0.3 is 0 Å². The summed E-state index contributed by atoms with van der Waals surface area (Å²) in [5, 5.41) is 9.74. The fourth-order valence-electron chi connectivity index (χ4n) is 1.96. The monoisotopic (exact) mass is 174 g/mol. The molecule has 0 saturated carbocycles. The summed E-state index contributed by atoms with van der Waals surface area (Å²) in [6, 6.07) is 8.31. The maximum atomic E-state index is 9.74. The van der Waals surface area contributed by atoms with Gasteiger partial charge in [0.15, 0.2) is 0 Å². The summed E-state index contributed by atoms with van der Waals surface area (Å²) in [7, 11) is 0. The molecule has 13 heavy (non-hydrogen) atoms. The highest BCUT2D eigenvalue weighted by Crippen LogP contribution is 2.26. The van der Waals surface area contributed by atoms with E-state index in [1.807, 2.05) is 12.1 Å². The number of rotatable bonds is 1.